The van der Waals surface area contributed by atoms with Crippen molar-refractivity contribution in [1.29, 1.82) is 0 Å². The number of fused-ring (bicyclic) bond motifs is 1. The van der Waals surface area contributed by atoms with Crippen LogP contribution < -0.4 is 4.90 Å². The van der Waals surface area contributed by atoms with Gasteiger partial charge in [-0.1, -0.05) is 41.9 Å². The van der Waals surface area contributed by atoms with Crippen LogP contribution in [0.15, 0.2) is 48.8 Å². The molecule has 0 saturated carbocycles. The first-order valence-electron chi connectivity index (χ1n) is 5.99. The molecule has 2 aromatic heterocycles. The van der Waals surface area contributed by atoms with Gasteiger partial charge in [0, 0.05) is 32.1 Å². The molecule has 0 amide bonds. The van der Waals surface area contributed by atoms with E-state index in [1.54, 1.807) is 16.9 Å². The van der Waals surface area contributed by atoms with Crippen LogP contribution in [-0.2, 0) is 6.54 Å². The van der Waals surface area contributed by atoms with Crippen LogP contribution in [0.3, 0.4) is 0 Å². The van der Waals surface area contributed by atoms with E-state index in [2.05, 4.69) is 27.1 Å². The molecule has 3 rings (SSSR count). The Morgan fingerprint density at radius 1 is 1.26 bits per heavy atom. The van der Waals surface area contributed by atoms with Gasteiger partial charge in [0.2, 0.25) is 0 Å². The number of nitrogens with zero attached hydrogens (tertiary/aromatic N) is 4. The van der Waals surface area contributed by atoms with Crippen LogP contribution in [0, 0.1) is 0 Å². The van der Waals surface area contributed by atoms with Gasteiger partial charge < -0.3 is 4.90 Å². The van der Waals surface area contributed by atoms with Crippen molar-refractivity contribution in [1.82, 2.24) is 14.6 Å². The highest BCUT2D eigenvalue weighted by atomic mass is 35.5. The lowest BCUT2D eigenvalue weighted by Gasteiger charge is -2.19. The minimum Gasteiger partial charge on any atom is -0.367 e. The maximum Gasteiger partial charge on any atom is 0.177 e. The lowest BCUT2D eigenvalue weighted by molar-refractivity contribution is 0.887. The smallest absolute Gasteiger partial charge is 0.177 e. The maximum absolute atomic E-state index is 6.04. The highest BCUT2D eigenvalue weighted by Crippen LogP contribution is 2.23. The third-order valence-electron chi connectivity index (χ3n) is 2.98. The van der Waals surface area contributed by atoms with E-state index in [0.29, 0.717) is 5.15 Å². The number of benzene rings is 1. The average Bonchev–Trinajstić information content (AvgIpc) is 2.86. The van der Waals surface area contributed by atoms with Crippen molar-refractivity contribution >= 4 is 22.9 Å². The van der Waals surface area contributed by atoms with Gasteiger partial charge in [-0.15, -0.1) is 0 Å². The van der Waals surface area contributed by atoms with Gasteiger partial charge in [-0.2, -0.15) is 5.10 Å². The summed E-state index contributed by atoms with van der Waals surface area (Å²) in [6.07, 6.45) is 3.51. The summed E-state index contributed by atoms with van der Waals surface area (Å²) < 4.78 is 1.69. The molecule has 5 heteroatoms. The Morgan fingerprint density at radius 3 is 2.84 bits per heavy atom. The second kappa shape index (κ2) is 4.90. The number of hydrogen-bond acceptors (Lipinski definition) is 3. The molecular formula is C14H13ClN4. The number of imidazole rings is 1. The molecule has 0 atom stereocenters. The zero-order valence-electron chi connectivity index (χ0n) is 10.5. The summed E-state index contributed by atoms with van der Waals surface area (Å²) in [5, 5.41) is 4.64. The monoisotopic (exact) mass is 272 g/mol. The first-order chi connectivity index (χ1) is 9.24. The van der Waals surface area contributed by atoms with Gasteiger partial charge in [-0.25, -0.2) is 9.50 Å². The Hall–Kier alpha value is -2.07. The zero-order chi connectivity index (χ0) is 13.2. The van der Waals surface area contributed by atoms with Crippen LogP contribution in [0.25, 0.3) is 5.65 Å². The number of halogens is 1. The Morgan fingerprint density at radius 2 is 2.05 bits per heavy atom. The Labute approximate surface area is 116 Å². The lowest BCUT2D eigenvalue weighted by Crippen LogP contribution is -2.17. The minimum absolute atomic E-state index is 0.459. The van der Waals surface area contributed by atoms with E-state index >= 15 is 0 Å². The highest BCUT2D eigenvalue weighted by molar-refractivity contribution is 6.29. The number of hydrogen-bond donors (Lipinski definition) is 0. The maximum atomic E-state index is 6.04. The van der Waals surface area contributed by atoms with Gasteiger partial charge in [-0.05, 0) is 5.56 Å². The summed E-state index contributed by atoms with van der Waals surface area (Å²) in [4.78, 5) is 6.44. The molecular weight excluding hydrogens is 260 g/mol. The van der Waals surface area contributed by atoms with Crippen LogP contribution in [0.5, 0.6) is 0 Å². The van der Waals surface area contributed by atoms with E-state index in [9.17, 15) is 0 Å². The molecule has 0 aliphatic carbocycles. The molecule has 0 spiro atoms. The Balaban J connectivity index is 1.97. The van der Waals surface area contributed by atoms with E-state index in [0.717, 1.165) is 17.9 Å². The van der Waals surface area contributed by atoms with Gasteiger partial charge in [-0.3, -0.25) is 0 Å². The van der Waals surface area contributed by atoms with Crippen LogP contribution >= 0.6 is 11.6 Å². The van der Waals surface area contributed by atoms with Crippen molar-refractivity contribution < 1.29 is 0 Å². The van der Waals surface area contributed by atoms with Gasteiger partial charge in [0.15, 0.2) is 10.8 Å². The summed E-state index contributed by atoms with van der Waals surface area (Å²) in [5.74, 6) is 0. The standard InChI is InChI=1S/C14H13ClN4/c1-18(10-11-5-3-2-4-6-11)12-9-13(15)17-19-8-7-16-14(12)19/h2-9H,10H2,1H3. The van der Waals surface area contributed by atoms with E-state index in [1.807, 2.05) is 31.3 Å². The van der Waals surface area contributed by atoms with Crippen molar-refractivity contribution in [2.24, 2.45) is 0 Å². The van der Waals surface area contributed by atoms with Crippen molar-refractivity contribution in [2.45, 2.75) is 6.54 Å². The molecule has 0 bridgehead atoms. The summed E-state index contributed by atoms with van der Waals surface area (Å²) in [5.41, 5.74) is 3.01. The van der Waals surface area contributed by atoms with Crippen LogP contribution in [0.4, 0.5) is 5.69 Å². The van der Waals surface area contributed by atoms with Crippen molar-refractivity contribution in [2.75, 3.05) is 11.9 Å². The van der Waals surface area contributed by atoms with Crippen molar-refractivity contribution in [3.63, 3.8) is 0 Å². The lowest BCUT2D eigenvalue weighted by atomic mass is 10.2. The normalized spacial score (nSPS) is 10.8. The Bertz CT molecular complexity index is 693. The predicted molar refractivity (Wildman–Crippen MR) is 76.5 cm³/mol. The average molecular weight is 273 g/mol. The predicted octanol–water partition coefficient (Wildman–Crippen LogP) is 3.02. The first kappa shape index (κ1) is 12.0. The topological polar surface area (TPSA) is 33.4 Å². The van der Waals surface area contributed by atoms with Gasteiger partial charge >= 0.3 is 0 Å². The molecule has 0 aliphatic heterocycles. The van der Waals surface area contributed by atoms with E-state index in [4.69, 9.17) is 11.6 Å². The van der Waals surface area contributed by atoms with E-state index < -0.39 is 0 Å². The molecule has 0 saturated heterocycles. The van der Waals surface area contributed by atoms with Crippen LogP contribution in [0.2, 0.25) is 5.15 Å². The molecule has 3 aromatic rings. The third kappa shape index (κ3) is 2.39. The summed E-state index contributed by atoms with van der Waals surface area (Å²) in [7, 11) is 2.02. The van der Waals surface area contributed by atoms with E-state index in [-0.39, 0.29) is 0 Å². The molecule has 0 radical (unpaired) electrons. The third-order valence-corrected chi connectivity index (χ3v) is 3.17. The first-order valence-corrected chi connectivity index (χ1v) is 6.37. The highest BCUT2D eigenvalue weighted by Gasteiger charge is 2.10. The quantitative estimate of drug-likeness (QED) is 0.735. The van der Waals surface area contributed by atoms with Gasteiger partial charge in [0.25, 0.3) is 0 Å². The second-order valence-corrected chi connectivity index (χ2v) is 4.78. The Kier molecular flexibility index (Phi) is 3.09. The fourth-order valence-electron chi connectivity index (χ4n) is 2.09. The second-order valence-electron chi connectivity index (χ2n) is 4.39. The van der Waals surface area contributed by atoms with Gasteiger partial charge in [0.05, 0.1) is 5.69 Å². The fraction of sp³-hybridized carbons (Fsp3) is 0.143. The number of rotatable bonds is 3. The van der Waals surface area contributed by atoms with Crippen molar-refractivity contribution in [3.8, 4) is 0 Å². The molecule has 2 heterocycles. The summed E-state index contributed by atoms with van der Waals surface area (Å²) in [6, 6.07) is 12.1. The summed E-state index contributed by atoms with van der Waals surface area (Å²) in [6.45, 7) is 0.795. The fourth-order valence-corrected chi connectivity index (χ4v) is 2.28. The zero-order valence-corrected chi connectivity index (χ0v) is 11.2. The molecule has 96 valence electrons. The molecule has 0 N–H and O–H groups in total. The molecule has 0 fully saturated rings. The molecule has 0 aliphatic rings. The number of aromatic nitrogens is 3. The van der Waals surface area contributed by atoms with Gasteiger partial charge in [0.1, 0.15) is 0 Å². The largest absolute Gasteiger partial charge is 0.367 e. The van der Waals surface area contributed by atoms with Crippen LogP contribution in [-0.4, -0.2) is 21.6 Å². The molecule has 19 heavy (non-hydrogen) atoms. The molecule has 1 aromatic carbocycles. The van der Waals surface area contributed by atoms with Crippen molar-refractivity contribution in [3.05, 3.63) is 59.5 Å². The number of anilines is 1. The SMILES string of the molecule is CN(Cc1ccccc1)c1cc(Cl)nn2ccnc12. The molecule has 4 nitrogen and oxygen atoms in total. The minimum atomic E-state index is 0.459. The van der Waals surface area contributed by atoms with E-state index in [1.165, 1.54) is 5.56 Å². The van der Waals surface area contributed by atoms with Crippen LogP contribution in [0.1, 0.15) is 5.56 Å². The molecule has 0 unspecified atom stereocenters. The summed E-state index contributed by atoms with van der Waals surface area (Å²) >= 11 is 6.04.